The maximum Gasteiger partial charge on any atom is 0.322 e. The summed E-state index contributed by atoms with van der Waals surface area (Å²) in [6, 6.07) is 3.08. The quantitative estimate of drug-likeness (QED) is 0.194. The number of phenolic OH excluding ortho intramolecular Hbond substituents is 1. The fraction of sp³-hybridized carbons (Fsp3) is 0.435. The SMILES string of the molecule is CC(C)CC(N)C(=O)NC(Cc1ccc(O)cc1)C(=O)NC(Cc1cnc[nH]1)C(=O)NCC(=O)O. The fourth-order valence-corrected chi connectivity index (χ4v) is 3.35. The molecule has 190 valence electrons. The molecule has 3 unspecified atom stereocenters. The average Bonchev–Trinajstić information content (AvgIpc) is 3.30. The van der Waals surface area contributed by atoms with Gasteiger partial charge in [0.2, 0.25) is 17.7 Å². The van der Waals surface area contributed by atoms with Gasteiger partial charge in [-0.2, -0.15) is 0 Å². The highest BCUT2D eigenvalue weighted by Crippen LogP contribution is 2.12. The standard InChI is InChI=1S/C23H32N6O6/c1-13(2)7-17(24)21(33)28-18(8-14-3-5-16(30)6-4-14)23(35)29-19(9-15-10-25-12-27-15)22(34)26-11-20(31)32/h3-6,10,12-13,17-19,30H,7-9,11,24H2,1-2H3,(H,25,27)(H,26,34)(H,28,33)(H,29,35)(H,31,32). The summed E-state index contributed by atoms with van der Waals surface area (Å²) in [5.41, 5.74) is 7.17. The van der Waals surface area contributed by atoms with E-state index in [1.54, 1.807) is 12.1 Å². The average molecular weight is 489 g/mol. The Hall–Kier alpha value is -3.93. The van der Waals surface area contributed by atoms with Crippen molar-refractivity contribution in [3.8, 4) is 5.75 Å². The monoisotopic (exact) mass is 488 g/mol. The van der Waals surface area contributed by atoms with Gasteiger partial charge >= 0.3 is 5.97 Å². The summed E-state index contributed by atoms with van der Waals surface area (Å²) in [4.78, 5) is 56.1. The van der Waals surface area contributed by atoms with Crippen LogP contribution in [0, 0.1) is 5.92 Å². The van der Waals surface area contributed by atoms with Gasteiger partial charge in [-0.3, -0.25) is 19.2 Å². The van der Waals surface area contributed by atoms with Crippen molar-refractivity contribution < 1.29 is 29.4 Å². The molecule has 0 spiro atoms. The van der Waals surface area contributed by atoms with E-state index in [0.717, 1.165) is 0 Å². The molecule has 3 atom stereocenters. The van der Waals surface area contributed by atoms with Crippen molar-refractivity contribution in [1.82, 2.24) is 25.9 Å². The molecule has 2 aromatic rings. The minimum Gasteiger partial charge on any atom is -0.508 e. The highest BCUT2D eigenvalue weighted by atomic mass is 16.4. The normalized spacial score (nSPS) is 13.5. The number of hydrogen-bond donors (Lipinski definition) is 7. The third-order valence-corrected chi connectivity index (χ3v) is 5.10. The summed E-state index contributed by atoms with van der Waals surface area (Å²) in [5, 5.41) is 25.9. The fourth-order valence-electron chi connectivity index (χ4n) is 3.35. The van der Waals surface area contributed by atoms with Crippen molar-refractivity contribution in [2.75, 3.05) is 6.54 Å². The molecule has 0 bridgehead atoms. The van der Waals surface area contributed by atoms with Crippen molar-refractivity contribution >= 4 is 23.7 Å². The van der Waals surface area contributed by atoms with Crippen LogP contribution < -0.4 is 21.7 Å². The van der Waals surface area contributed by atoms with Gasteiger partial charge in [0.15, 0.2) is 0 Å². The molecule has 12 heteroatoms. The lowest BCUT2D eigenvalue weighted by molar-refractivity contribution is -0.138. The summed E-state index contributed by atoms with van der Waals surface area (Å²) in [7, 11) is 0. The highest BCUT2D eigenvalue weighted by Gasteiger charge is 2.29. The van der Waals surface area contributed by atoms with Gasteiger partial charge < -0.3 is 36.9 Å². The maximum atomic E-state index is 13.2. The lowest BCUT2D eigenvalue weighted by atomic mass is 10.0. The number of nitrogens with one attached hydrogen (secondary N) is 4. The van der Waals surface area contributed by atoms with Gasteiger partial charge in [0.25, 0.3) is 0 Å². The molecule has 1 aromatic carbocycles. The number of benzene rings is 1. The predicted octanol–water partition coefficient (Wildman–Crippen LogP) is -0.556. The minimum absolute atomic E-state index is 0.0178. The molecule has 0 saturated heterocycles. The molecule has 1 heterocycles. The van der Waals surface area contributed by atoms with Gasteiger partial charge in [0.05, 0.1) is 12.4 Å². The van der Waals surface area contributed by atoms with Crippen LogP contribution in [-0.4, -0.2) is 68.5 Å². The van der Waals surface area contributed by atoms with E-state index in [9.17, 15) is 24.3 Å². The van der Waals surface area contributed by atoms with Crippen molar-refractivity contribution in [2.45, 2.75) is 51.2 Å². The van der Waals surface area contributed by atoms with Gasteiger partial charge in [-0.1, -0.05) is 26.0 Å². The molecule has 1 aromatic heterocycles. The number of amides is 3. The zero-order valence-corrected chi connectivity index (χ0v) is 19.7. The zero-order valence-electron chi connectivity index (χ0n) is 19.7. The van der Waals surface area contributed by atoms with Gasteiger partial charge in [0.1, 0.15) is 24.4 Å². The number of aromatic amines is 1. The summed E-state index contributed by atoms with van der Waals surface area (Å²) >= 11 is 0. The van der Waals surface area contributed by atoms with Crippen molar-refractivity contribution in [1.29, 1.82) is 0 Å². The van der Waals surface area contributed by atoms with Crippen molar-refractivity contribution in [2.24, 2.45) is 11.7 Å². The number of aromatic hydroxyl groups is 1. The molecule has 2 rings (SSSR count). The Balaban J connectivity index is 2.22. The zero-order chi connectivity index (χ0) is 26.0. The largest absolute Gasteiger partial charge is 0.508 e. The Morgan fingerprint density at radius 3 is 2.20 bits per heavy atom. The van der Waals surface area contributed by atoms with E-state index in [4.69, 9.17) is 10.8 Å². The molecule has 12 nitrogen and oxygen atoms in total. The molecule has 35 heavy (non-hydrogen) atoms. The first-order valence-electron chi connectivity index (χ1n) is 11.2. The van der Waals surface area contributed by atoms with Crippen LogP contribution >= 0.6 is 0 Å². The van der Waals surface area contributed by atoms with Crippen LogP contribution in [0.5, 0.6) is 5.75 Å². The highest BCUT2D eigenvalue weighted by molar-refractivity contribution is 5.94. The molecular formula is C23H32N6O6. The molecule has 0 fully saturated rings. The lowest BCUT2D eigenvalue weighted by Crippen LogP contribution is -2.57. The van der Waals surface area contributed by atoms with E-state index >= 15 is 0 Å². The Morgan fingerprint density at radius 1 is 1.00 bits per heavy atom. The molecule has 8 N–H and O–H groups in total. The van der Waals surface area contributed by atoms with Crippen LogP contribution in [0.15, 0.2) is 36.8 Å². The number of hydrogen-bond acceptors (Lipinski definition) is 7. The molecule has 0 aliphatic heterocycles. The maximum absolute atomic E-state index is 13.2. The number of H-pyrrole nitrogens is 1. The van der Waals surface area contributed by atoms with Gasteiger partial charge in [0, 0.05) is 24.7 Å². The number of aliphatic carboxylic acids is 1. The van der Waals surface area contributed by atoms with Gasteiger partial charge in [-0.05, 0) is 30.0 Å². The molecule has 0 saturated carbocycles. The Bertz CT molecular complexity index is 992. The van der Waals surface area contributed by atoms with Crippen LogP contribution in [0.25, 0.3) is 0 Å². The van der Waals surface area contributed by atoms with Crippen LogP contribution in [-0.2, 0) is 32.0 Å². The van der Waals surface area contributed by atoms with Crippen LogP contribution in [0.1, 0.15) is 31.5 Å². The number of carbonyl (C=O) groups is 4. The van der Waals surface area contributed by atoms with Crippen LogP contribution in [0.3, 0.4) is 0 Å². The van der Waals surface area contributed by atoms with E-state index in [1.807, 2.05) is 13.8 Å². The van der Waals surface area contributed by atoms with Crippen LogP contribution in [0.4, 0.5) is 0 Å². The third-order valence-electron chi connectivity index (χ3n) is 5.10. The Kier molecular flexibility index (Phi) is 10.2. The molecular weight excluding hydrogens is 456 g/mol. The number of imidazole rings is 1. The summed E-state index contributed by atoms with van der Waals surface area (Å²) in [6.07, 6.45) is 3.39. The van der Waals surface area contributed by atoms with Crippen LogP contribution in [0.2, 0.25) is 0 Å². The summed E-state index contributed by atoms with van der Waals surface area (Å²) in [6.45, 7) is 3.22. The smallest absolute Gasteiger partial charge is 0.322 e. The number of carboxylic acids is 1. The minimum atomic E-state index is -1.23. The Morgan fingerprint density at radius 2 is 1.63 bits per heavy atom. The number of rotatable bonds is 13. The van der Waals surface area contributed by atoms with E-state index in [1.165, 1.54) is 24.7 Å². The molecule has 3 amide bonds. The molecule has 0 aliphatic carbocycles. The molecule has 0 radical (unpaired) electrons. The van der Waals surface area contributed by atoms with Crippen molar-refractivity contribution in [3.63, 3.8) is 0 Å². The number of nitrogens with two attached hydrogens (primary N) is 1. The predicted molar refractivity (Wildman–Crippen MR) is 126 cm³/mol. The first-order chi connectivity index (χ1) is 16.5. The number of carboxylic acid groups (broad SMARTS) is 1. The van der Waals surface area contributed by atoms with E-state index in [-0.39, 0.29) is 24.5 Å². The second-order valence-electron chi connectivity index (χ2n) is 8.62. The van der Waals surface area contributed by atoms with E-state index in [2.05, 4.69) is 25.9 Å². The first-order valence-corrected chi connectivity index (χ1v) is 11.2. The second kappa shape index (κ2) is 13.1. The summed E-state index contributed by atoms with van der Waals surface area (Å²) in [5.74, 6) is -2.90. The Labute approximate surface area is 202 Å². The second-order valence-corrected chi connectivity index (χ2v) is 8.62. The third kappa shape index (κ3) is 9.45. The lowest BCUT2D eigenvalue weighted by Gasteiger charge is -2.24. The van der Waals surface area contributed by atoms with E-state index < -0.39 is 48.4 Å². The van der Waals surface area contributed by atoms with E-state index in [0.29, 0.717) is 17.7 Å². The number of aromatic nitrogens is 2. The molecule has 0 aliphatic rings. The first kappa shape index (κ1) is 27.3. The summed E-state index contributed by atoms with van der Waals surface area (Å²) < 4.78 is 0. The number of nitrogens with zero attached hydrogens (tertiary/aromatic N) is 1. The van der Waals surface area contributed by atoms with Gasteiger partial charge in [-0.15, -0.1) is 0 Å². The van der Waals surface area contributed by atoms with Gasteiger partial charge in [-0.25, -0.2) is 4.98 Å². The number of carbonyl (C=O) groups excluding carboxylic acids is 3. The number of phenols is 1. The topological polar surface area (TPSA) is 200 Å². The van der Waals surface area contributed by atoms with Crippen molar-refractivity contribution in [3.05, 3.63) is 48.0 Å².